The minimum Gasteiger partial charge on any atom is -0.397 e. The normalized spacial score (nSPS) is 12.1. The lowest BCUT2D eigenvalue weighted by molar-refractivity contribution is 0.100. The Labute approximate surface area is 101 Å². The van der Waals surface area contributed by atoms with Gasteiger partial charge in [0.1, 0.15) is 0 Å². The Morgan fingerprint density at radius 3 is 2.82 bits per heavy atom. The minimum atomic E-state index is -0.461. The zero-order valence-electron chi connectivity index (χ0n) is 10.2. The molecule has 0 aromatic heterocycles. The van der Waals surface area contributed by atoms with E-state index in [1.165, 1.54) is 0 Å². The Morgan fingerprint density at radius 2 is 2.24 bits per heavy atom. The highest BCUT2D eigenvalue weighted by Gasteiger charge is 2.08. The van der Waals surface area contributed by atoms with Crippen LogP contribution in [0.4, 0.5) is 11.4 Å². The van der Waals surface area contributed by atoms with Crippen LogP contribution in [0.25, 0.3) is 0 Å². The lowest BCUT2D eigenvalue weighted by Crippen LogP contribution is -2.19. The quantitative estimate of drug-likeness (QED) is 0.648. The van der Waals surface area contributed by atoms with E-state index >= 15 is 0 Å². The summed E-state index contributed by atoms with van der Waals surface area (Å²) in [6.07, 6.45) is 0.858. The van der Waals surface area contributed by atoms with Crippen molar-refractivity contribution in [1.29, 1.82) is 0 Å². The van der Waals surface area contributed by atoms with E-state index < -0.39 is 5.91 Å². The molecule has 1 aromatic carbocycles. The second-order valence-electron chi connectivity index (χ2n) is 3.99. The molecule has 5 N–H and O–H groups in total. The van der Waals surface area contributed by atoms with Gasteiger partial charge in [0, 0.05) is 25.3 Å². The third kappa shape index (κ3) is 3.96. The lowest BCUT2D eigenvalue weighted by Gasteiger charge is -2.16. The number of nitrogen functional groups attached to an aromatic ring is 1. The molecule has 0 radical (unpaired) electrons. The second kappa shape index (κ2) is 6.10. The van der Waals surface area contributed by atoms with Crippen molar-refractivity contribution in [2.45, 2.75) is 19.4 Å². The van der Waals surface area contributed by atoms with Crippen molar-refractivity contribution in [3.8, 4) is 0 Å². The first kappa shape index (κ1) is 13.3. The van der Waals surface area contributed by atoms with Gasteiger partial charge in [0.15, 0.2) is 0 Å². The van der Waals surface area contributed by atoms with Gasteiger partial charge in [-0.3, -0.25) is 4.79 Å². The third-order valence-corrected chi connectivity index (χ3v) is 2.49. The van der Waals surface area contributed by atoms with Gasteiger partial charge in [-0.15, -0.1) is 0 Å². The Morgan fingerprint density at radius 1 is 1.53 bits per heavy atom. The highest BCUT2D eigenvalue weighted by molar-refractivity contribution is 5.94. The maximum atomic E-state index is 11.1. The summed E-state index contributed by atoms with van der Waals surface area (Å²) in [7, 11) is 1.66. The number of primary amides is 1. The number of methoxy groups -OCH3 is 1. The first-order valence-corrected chi connectivity index (χ1v) is 5.49. The molecule has 1 rings (SSSR count). The van der Waals surface area contributed by atoms with Crippen LogP contribution in [0.3, 0.4) is 0 Å². The van der Waals surface area contributed by atoms with Crippen LogP contribution < -0.4 is 16.8 Å². The van der Waals surface area contributed by atoms with Gasteiger partial charge in [-0.05, 0) is 31.5 Å². The summed E-state index contributed by atoms with van der Waals surface area (Å²) < 4.78 is 5.00. The van der Waals surface area contributed by atoms with Crippen molar-refractivity contribution in [2.75, 3.05) is 24.8 Å². The van der Waals surface area contributed by atoms with E-state index in [1.807, 2.05) is 6.92 Å². The maximum absolute atomic E-state index is 11.1. The number of amides is 1. The number of anilines is 2. The minimum absolute atomic E-state index is 0.209. The first-order chi connectivity index (χ1) is 8.04. The first-order valence-electron chi connectivity index (χ1n) is 5.49. The van der Waals surface area contributed by atoms with Crippen LogP contribution in [0.1, 0.15) is 23.7 Å². The second-order valence-corrected chi connectivity index (χ2v) is 3.99. The SMILES string of the molecule is COCCC(C)Nc1cc(C(N)=O)ccc1N. The molecule has 1 atom stereocenters. The molecule has 0 spiro atoms. The summed E-state index contributed by atoms with van der Waals surface area (Å²) >= 11 is 0. The van der Waals surface area contributed by atoms with Gasteiger partial charge in [0.25, 0.3) is 0 Å². The fourth-order valence-corrected chi connectivity index (χ4v) is 1.47. The molecule has 1 unspecified atom stereocenters. The number of nitrogens with one attached hydrogen (secondary N) is 1. The summed E-state index contributed by atoms with van der Waals surface area (Å²) in [5.41, 5.74) is 12.8. The van der Waals surface area contributed by atoms with Crippen LogP contribution in [0.2, 0.25) is 0 Å². The molecule has 0 aliphatic heterocycles. The topological polar surface area (TPSA) is 90.4 Å². The van der Waals surface area contributed by atoms with Crippen LogP contribution in [0.5, 0.6) is 0 Å². The van der Waals surface area contributed by atoms with Gasteiger partial charge < -0.3 is 21.5 Å². The van der Waals surface area contributed by atoms with Gasteiger partial charge in [0.2, 0.25) is 5.91 Å². The Balaban J connectivity index is 2.75. The van der Waals surface area contributed by atoms with Crippen molar-refractivity contribution in [3.05, 3.63) is 23.8 Å². The van der Waals surface area contributed by atoms with Gasteiger partial charge in [-0.1, -0.05) is 0 Å². The fraction of sp³-hybridized carbons (Fsp3) is 0.417. The van der Waals surface area contributed by atoms with Crippen molar-refractivity contribution < 1.29 is 9.53 Å². The Bertz CT molecular complexity index is 393. The molecule has 1 amide bonds. The van der Waals surface area contributed by atoms with Crippen LogP contribution in [-0.2, 0) is 4.74 Å². The van der Waals surface area contributed by atoms with E-state index in [2.05, 4.69) is 5.32 Å². The van der Waals surface area contributed by atoms with Gasteiger partial charge in [-0.25, -0.2) is 0 Å². The van der Waals surface area contributed by atoms with Crippen LogP contribution >= 0.6 is 0 Å². The number of nitrogens with two attached hydrogens (primary N) is 2. The molecule has 5 nitrogen and oxygen atoms in total. The molecule has 17 heavy (non-hydrogen) atoms. The largest absolute Gasteiger partial charge is 0.397 e. The van der Waals surface area contributed by atoms with Crippen molar-refractivity contribution in [2.24, 2.45) is 5.73 Å². The average Bonchev–Trinajstić information content (AvgIpc) is 2.29. The van der Waals surface area contributed by atoms with Gasteiger partial charge in [0.05, 0.1) is 11.4 Å². The fourth-order valence-electron chi connectivity index (χ4n) is 1.47. The van der Waals surface area contributed by atoms with Gasteiger partial charge in [-0.2, -0.15) is 0 Å². The van der Waals surface area contributed by atoms with E-state index in [-0.39, 0.29) is 6.04 Å². The summed E-state index contributed by atoms with van der Waals surface area (Å²) in [6, 6.07) is 5.16. The van der Waals surface area contributed by atoms with E-state index in [0.29, 0.717) is 17.9 Å². The van der Waals surface area contributed by atoms with E-state index in [0.717, 1.165) is 12.1 Å². The molecule has 0 aliphatic carbocycles. The number of benzene rings is 1. The molecule has 0 fully saturated rings. The average molecular weight is 237 g/mol. The number of hydrogen-bond donors (Lipinski definition) is 3. The molecule has 0 heterocycles. The lowest BCUT2D eigenvalue weighted by atomic mass is 10.1. The standard InChI is InChI=1S/C12H19N3O2/c1-8(5-6-17-2)15-11-7-9(12(14)16)3-4-10(11)13/h3-4,7-8,15H,5-6,13H2,1-2H3,(H2,14,16). The number of carbonyl (C=O) groups is 1. The van der Waals surface area contributed by atoms with Crippen molar-refractivity contribution >= 4 is 17.3 Å². The predicted molar refractivity (Wildman–Crippen MR) is 69.0 cm³/mol. The number of ether oxygens (including phenoxy) is 1. The summed E-state index contributed by atoms with van der Waals surface area (Å²) in [5.74, 6) is -0.461. The van der Waals surface area contributed by atoms with Crippen molar-refractivity contribution in [3.63, 3.8) is 0 Å². The van der Waals surface area contributed by atoms with Crippen molar-refractivity contribution in [1.82, 2.24) is 0 Å². The van der Waals surface area contributed by atoms with E-state index in [9.17, 15) is 4.79 Å². The molecular formula is C12H19N3O2. The number of carbonyl (C=O) groups excluding carboxylic acids is 1. The number of hydrogen-bond acceptors (Lipinski definition) is 4. The monoisotopic (exact) mass is 237 g/mol. The summed E-state index contributed by atoms with van der Waals surface area (Å²) in [6.45, 7) is 2.69. The summed E-state index contributed by atoms with van der Waals surface area (Å²) in [4.78, 5) is 11.1. The smallest absolute Gasteiger partial charge is 0.248 e. The summed E-state index contributed by atoms with van der Waals surface area (Å²) in [5, 5.41) is 3.23. The molecule has 0 saturated carbocycles. The Hall–Kier alpha value is -1.75. The molecule has 5 heteroatoms. The molecule has 0 aliphatic rings. The number of rotatable bonds is 6. The van der Waals surface area contributed by atoms with Crippen LogP contribution in [-0.4, -0.2) is 25.7 Å². The van der Waals surface area contributed by atoms with Crippen LogP contribution in [0.15, 0.2) is 18.2 Å². The third-order valence-electron chi connectivity index (χ3n) is 2.49. The zero-order valence-corrected chi connectivity index (χ0v) is 10.2. The van der Waals surface area contributed by atoms with E-state index in [1.54, 1.807) is 25.3 Å². The van der Waals surface area contributed by atoms with Gasteiger partial charge >= 0.3 is 0 Å². The zero-order chi connectivity index (χ0) is 12.8. The highest BCUT2D eigenvalue weighted by Crippen LogP contribution is 2.21. The van der Waals surface area contributed by atoms with E-state index in [4.69, 9.17) is 16.2 Å². The predicted octanol–water partition coefficient (Wildman–Crippen LogP) is 1.20. The molecule has 0 saturated heterocycles. The maximum Gasteiger partial charge on any atom is 0.248 e. The molecule has 1 aromatic rings. The molecular weight excluding hydrogens is 218 g/mol. The molecule has 94 valence electrons. The van der Waals surface area contributed by atoms with Crippen LogP contribution in [0, 0.1) is 0 Å². The Kier molecular flexibility index (Phi) is 4.78. The highest BCUT2D eigenvalue weighted by atomic mass is 16.5. The molecule has 0 bridgehead atoms.